The fourth-order valence-electron chi connectivity index (χ4n) is 2.14. The van der Waals surface area contributed by atoms with Crippen molar-refractivity contribution in [2.45, 2.75) is 19.8 Å². The van der Waals surface area contributed by atoms with E-state index in [0.29, 0.717) is 22.8 Å². The minimum atomic E-state index is -0.337. The molecule has 1 N–H and O–H groups in total. The Bertz CT molecular complexity index is 734. The predicted octanol–water partition coefficient (Wildman–Crippen LogP) is 3.86. The van der Waals surface area contributed by atoms with Crippen LogP contribution in [0.3, 0.4) is 0 Å². The van der Waals surface area contributed by atoms with Gasteiger partial charge in [-0.15, -0.1) is 0 Å². The van der Waals surface area contributed by atoms with Gasteiger partial charge in [0.2, 0.25) is 0 Å². The van der Waals surface area contributed by atoms with Crippen molar-refractivity contribution >= 4 is 29.1 Å². The van der Waals surface area contributed by atoms with E-state index in [4.69, 9.17) is 11.6 Å². The summed E-state index contributed by atoms with van der Waals surface area (Å²) in [6, 6.07) is 10.0. The number of unbranched alkanes of at least 4 members (excludes halogenated alkanes) is 1. The van der Waals surface area contributed by atoms with Crippen molar-refractivity contribution in [3.8, 4) is 0 Å². The van der Waals surface area contributed by atoms with Crippen LogP contribution in [0.15, 0.2) is 42.6 Å². The maximum Gasteiger partial charge on any atom is 0.272 e. The molecule has 0 aliphatic carbocycles. The van der Waals surface area contributed by atoms with E-state index in [9.17, 15) is 9.59 Å². The molecule has 2 rings (SSSR count). The third-order valence-corrected chi connectivity index (χ3v) is 3.89. The van der Waals surface area contributed by atoms with Gasteiger partial charge in [-0.25, -0.2) is 0 Å². The number of rotatable bonds is 6. The molecule has 0 aliphatic heterocycles. The van der Waals surface area contributed by atoms with Gasteiger partial charge in [0.25, 0.3) is 11.8 Å². The summed E-state index contributed by atoms with van der Waals surface area (Å²) in [5.41, 5.74) is 1.13. The monoisotopic (exact) mass is 345 g/mol. The molecular weight excluding hydrogens is 326 g/mol. The molecule has 0 saturated heterocycles. The van der Waals surface area contributed by atoms with Crippen molar-refractivity contribution < 1.29 is 9.59 Å². The van der Waals surface area contributed by atoms with E-state index in [0.717, 1.165) is 12.8 Å². The second kappa shape index (κ2) is 8.45. The number of hydrogen-bond donors (Lipinski definition) is 1. The van der Waals surface area contributed by atoms with Gasteiger partial charge in [-0.3, -0.25) is 14.6 Å². The Kier molecular flexibility index (Phi) is 6.32. The first-order chi connectivity index (χ1) is 11.5. The number of amides is 2. The summed E-state index contributed by atoms with van der Waals surface area (Å²) in [5.74, 6) is -0.536. The van der Waals surface area contributed by atoms with Crippen molar-refractivity contribution in [2.24, 2.45) is 0 Å². The molecular formula is C18H20ClN3O2. The number of pyridine rings is 1. The van der Waals surface area contributed by atoms with Crippen LogP contribution in [-0.2, 0) is 0 Å². The zero-order valence-corrected chi connectivity index (χ0v) is 14.5. The van der Waals surface area contributed by atoms with Gasteiger partial charge in [0.15, 0.2) is 0 Å². The third-order valence-electron chi connectivity index (χ3n) is 3.56. The Morgan fingerprint density at radius 1 is 1.25 bits per heavy atom. The van der Waals surface area contributed by atoms with Crippen LogP contribution >= 0.6 is 11.6 Å². The average Bonchev–Trinajstić information content (AvgIpc) is 2.61. The molecule has 1 aromatic heterocycles. The summed E-state index contributed by atoms with van der Waals surface area (Å²) in [5, 5.41) is 3.19. The fraction of sp³-hybridized carbons (Fsp3) is 0.278. The number of carbonyl (C=O) groups is 2. The highest BCUT2D eigenvalue weighted by atomic mass is 35.5. The molecule has 5 nitrogen and oxygen atoms in total. The van der Waals surface area contributed by atoms with Crippen molar-refractivity contribution in [3.05, 3.63) is 58.9 Å². The first kappa shape index (κ1) is 17.9. The first-order valence-corrected chi connectivity index (χ1v) is 8.18. The zero-order chi connectivity index (χ0) is 17.5. The lowest BCUT2D eigenvalue weighted by Crippen LogP contribution is -2.28. The lowest BCUT2D eigenvalue weighted by atomic mass is 10.2. The number of para-hydroxylation sites is 1. The summed E-state index contributed by atoms with van der Waals surface area (Å²) in [4.78, 5) is 30.4. The summed E-state index contributed by atoms with van der Waals surface area (Å²) in [6.07, 6.45) is 3.39. The molecule has 2 aromatic rings. The van der Waals surface area contributed by atoms with Crippen molar-refractivity contribution in [2.75, 3.05) is 18.9 Å². The lowest BCUT2D eigenvalue weighted by molar-refractivity contribution is 0.0787. The van der Waals surface area contributed by atoms with Crippen LogP contribution in [0.25, 0.3) is 0 Å². The number of carbonyl (C=O) groups excluding carboxylic acids is 2. The summed E-state index contributed by atoms with van der Waals surface area (Å²) in [7, 11) is 1.73. The van der Waals surface area contributed by atoms with Crippen LogP contribution in [0.5, 0.6) is 0 Å². The van der Waals surface area contributed by atoms with E-state index in [-0.39, 0.29) is 17.5 Å². The molecule has 0 bridgehead atoms. The van der Waals surface area contributed by atoms with Crippen molar-refractivity contribution in [1.29, 1.82) is 0 Å². The summed E-state index contributed by atoms with van der Waals surface area (Å²) in [6.45, 7) is 2.73. The lowest BCUT2D eigenvalue weighted by Gasteiger charge is -2.16. The van der Waals surface area contributed by atoms with Crippen LogP contribution in [0, 0.1) is 0 Å². The molecule has 0 saturated carbocycles. The number of halogens is 1. The summed E-state index contributed by atoms with van der Waals surface area (Å²) >= 11 is 6.04. The Labute approximate surface area is 146 Å². The van der Waals surface area contributed by atoms with Gasteiger partial charge in [0.1, 0.15) is 5.69 Å². The predicted molar refractivity (Wildman–Crippen MR) is 95.5 cm³/mol. The number of benzene rings is 1. The number of hydrogen-bond acceptors (Lipinski definition) is 3. The van der Waals surface area contributed by atoms with Gasteiger partial charge in [-0.05, 0) is 30.7 Å². The highest BCUT2D eigenvalue weighted by molar-refractivity contribution is 6.33. The molecule has 6 heteroatoms. The largest absolute Gasteiger partial charge is 0.340 e. The molecule has 1 heterocycles. The Balaban J connectivity index is 2.13. The second-order valence-corrected chi connectivity index (χ2v) is 5.85. The molecule has 1 aromatic carbocycles. The molecule has 0 aliphatic rings. The van der Waals surface area contributed by atoms with Crippen molar-refractivity contribution in [1.82, 2.24) is 9.88 Å². The number of nitrogens with one attached hydrogen (secondary N) is 1. The average molecular weight is 346 g/mol. The molecule has 2 amide bonds. The van der Waals surface area contributed by atoms with Gasteiger partial charge >= 0.3 is 0 Å². The van der Waals surface area contributed by atoms with Crippen LogP contribution in [0.4, 0.5) is 5.69 Å². The Morgan fingerprint density at radius 2 is 2.00 bits per heavy atom. The van der Waals surface area contributed by atoms with E-state index >= 15 is 0 Å². The Morgan fingerprint density at radius 3 is 2.71 bits per heavy atom. The number of aromatic nitrogens is 1. The van der Waals surface area contributed by atoms with Gasteiger partial charge in [-0.2, -0.15) is 0 Å². The van der Waals surface area contributed by atoms with E-state index in [2.05, 4.69) is 17.2 Å². The van der Waals surface area contributed by atoms with Crippen molar-refractivity contribution in [3.63, 3.8) is 0 Å². The molecule has 0 spiro atoms. The van der Waals surface area contributed by atoms with Crippen LogP contribution in [0.2, 0.25) is 5.02 Å². The fourth-order valence-corrected chi connectivity index (χ4v) is 2.32. The summed E-state index contributed by atoms with van der Waals surface area (Å²) < 4.78 is 0. The minimum Gasteiger partial charge on any atom is -0.340 e. The smallest absolute Gasteiger partial charge is 0.272 e. The van der Waals surface area contributed by atoms with Crippen LogP contribution < -0.4 is 5.32 Å². The molecule has 0 atom stereocenters. The SMILES string of the molecule is CCCCN(C)C(=O)c1cc(C(=O)Nc2ccccc2Cl)ccn1. The minimum absolute atomic E-state index is 0.198. The molecule has 126 valence electrons. The first-order valence-electron chi connectivity index (χ1n) is 7.80. The van der Waals surface area contributed by atoms with Gasteiger partial charge in [0.05, 0.1) is 10.7 Å². The van der Waals surface area contributed by atoms with Gasteiger partial charge in [0, 0.05) is 25.4 Å². The molecule has 0 unspecified atom stereocenters. The highest BCUT2D eigenvalue weighted by Crippen LogP contribution is 2.21. The van der Waals surface area contributed by atoms with Gasteiger partial charge < -0.3 is 10.2 Å². The second-order valence-electron chi connectivity index (χ2n) is 5.44. The quantitative estimate of drug-likeness (QED) is 0.864. The Hall–Kier alpha value is -2.40. The van der Waals surface area contributed by atoms with E-state index in [1.165, 1.54) is 12.3 Å². The highest BCUT2D eigenvalue weighted by Gasteiger charge is 2.15. The van der Waals surface area contributed by atoms with E-state index < -0.39 is 0 Å². The normalized spacial score (nSPS) is 10.3. The van der Waals surface area contributed by atoms with E-state index in [1.54, 1.807) is 42.3 Å². The van der Waals surface area contributed by atoms with E-state index in [1.807, 2.05) is 0 Å². The maximum atomic E-state index is 12.4. The standard InChI is InChI=1S/C18H20ClN3O2/c1-3-4-11-22(2)18(24)16-12-13(9-10-20-16)17(23)21-15-8-6-5-7-14(15)19/h5-10,12H,3-4,11H2,1-2H3,(H,21,23). The van der Waals surface area contributed by atoms with Crippen LogP contribution in [0.1, 0.15) is 40.6 Å². The van der Waals surface area contributed by atoms with Gasteiger partial charge in [-0.1, -0.05) is 37.1 Å². The number of nitrogens with zero attached hydrogens (tertiary/aromatic N) is 2. The zero-order valence-electron chi connectivity index (χ0n) is 13.8. The molecule has 0 fully saturated rings. The molecule has 0 radical (unpaired) electrons. The number of anilines is 1. The molecule has 24 heavy (non-hydrogen) atoms. The van der Waals surface area contributed by atoms with Crippen LogP contribution in [-0.4, -0.2) is 35.3 Å². The maximum absolute atomic E-state index is 12.4. The topological polar surface area (TPSA) is 62.3 Å². The third kappa shape index (κ3) is 4.55.